The van der Waals surface area contributed by atoms with E-state index in [1.54, 1.807) is 26.8 Å². The maximum Gasteiger partial charge on any atom is 0.349 e. The molecule has 0 amide bonds. The van der Waals surface area contributed by atoms with Crippen LogP contribution in [-0.4, -0.2) is 18.2 Å². The van der Waals surface area contributed by atoms with Crippen molar-refractivity contribution in [3.05, 3.63) is 29.8 Å². The molecule has 0 aromatic heterocycles. The van der Waals surface area contributed by atoms with Gasteiger partial charge >= 0.3 is 5.97 Å². The zero-order valence-electron chi connectivity index (χ0n) is 10.5. The first-order valence-electron chi connectivity index (χ1n) is 5.65. The van der Waals surface area contributed by atoms with Crippen LogP contribution in [0.2, 0.25) is 0 Å². The van der Waals surface area contributed by atoms with Gasteiger partial charge in [0.2, 0.25) is 0 Å². The van der Waals surface area contributed by atoms with Crippen LogP contribution in [0.15, 0.2) is 24.3 Å². The molecule has 4 heteroatoms. The van der Waals surface area contributed by atoms with Crippen molar-refractivity contribution in [3.8, 4) is 5.75 Å². The second kappa shape index (κ2) is 5.68. The van der Waals surface area contributed by atoms with Crippen LogP contribution in [0, 0.1) is 0 Å². The molecule has 1 aromatic rings. The summed E-state index contributed by atoms with van der Waals surface area (Å²) in [6.45, 7) is 5.91. The lowest BCUT2D eigenvalue weighted by Crippen LogP contribution is -2.39. The van der Waals surface area contributed by atoms with Gasteiger partial charge in [-0.2, -0.15) is 0 Å². The molecule has 94 valence electrons. The fraction of sp³-hybridized carbons (Fsp3) is 0.462. The lowest BCUT2D eigenvalue weighted by molar-refractivity contribution is -0.158. The molecule has 0 saturated heterocycles. The van der Waals surface area contributed by atoms with E-state index in [1.165, 1.54) is 0 Å². The molecule has 0 radical (unpaired) electrons. The van der Waals surface area contributed by atoms with Gasteiger partial charge in [-0.25, -0.2) is 4.79 Å². The van der Waals surface area contributed by atoms with Crippen LogP contribution in [0.3, 0.4) is 0 Å². The Kier molecular flexibility index (Phi) is 4.52. The molecule has 2 N–H and O–H groups in total. The first-order valence-corrected chi connectivity index (χ1v) is 5.65. The van der Waals surface area contributed by atoms with Crippen molar-refractivity contribution in [2.24, 2.45) is 5.73 Å². The molecule has 0 atom stereocenters. The van der Waals surface area contributed by atoms with E-state index in [9.17, 15) is 4.79 Å². The summed E-state index contributed by atoms with van der Waals surface area (Å²) in [6, 6.07) is 7.37. The highest BCUT2D eigenvalue weighted by Gasteiger charge is 2.31. The highest BCUT2D eigenvalue weighted by molar-refractivity contribution is 5.79. The van der Waals surface area contributed by atoms with E-state index in [2.05, 4.69) is 0 Å². The third-order valence-corrected chi connectivity index (χ3v) is 2.27. The molecular weight excluding hydrogens is 218 g/mol. The second-order valence-electron chi connectivity index (χ2n) is 4.18. The molecule has 0 aliphatic rings. The molecule has 0 heterocycles. The highest BCUT2D eigenvalue weighted by atomic mass is 16.6. The van der Waals surface area contributed by atoms with E-state index in [4.69, 9.17) is 15.2 Å². The van der Waals surface area contributed by atoms with Gasteiger partial charge in [-0.05, 0) is 38.5 Å². The molecule has 4 nitrogen and oxygen atoms in total. The number of esters is 1. The maximum atomic E-state index is 11.7. The first kappa shape index (κ1) is 13.5. The van der Waals surface area contributed by atoms with E-state index in [1.807, 2.05) is 18.2 Å². The summed E-state index contributed by atoms with van der Waals surface area (Å²) in [5.74, 6) is 0.240. The normalized spacial score (nSPS) is 11.1. The van der Waals surface area contributed by atoms with E-state index in [-0.39, 0.29) is 5.97 Å². The number of ether oxygens (including phenoxy) is 2. The van der Waals surface area contributed by atoms with Gasteiger partial charge in [0.05, 0.1) is 6.61 Å². The van der Waals surface area contributed by atoms with Gasteiger partial charge in [0.1, 0.15) is 5.75 Å². The molecular formula is C13H19NO3. The minimum absolute atomic E-state index is 0.342. The van der Waals surface area contributed by atoms with E-state index >= 15 is 0 Å². The Balaban J connectivity index is 2.78. The molecule has 0 fully saturated rings. The number of carbonyl (C=O) groups is 1. The highest BCUT2D eigenvalue weighted by Crippen LogP contribution is 2.20. The topological polar surface area (TPSA) is 61.5 Å². The fourth-order valence-corrected chi connectivity index (χ4v) is 1.38. The summed E-state index contributed by atoms with van der Waals surface area (Å²) < 4.78 is 10.6. The van der Waals surface area contributed by atoms with E-state index in [0.29, 0.717) is 18.9 Å². The summed E-state index contributed by atoms with van der Waals surface area (Å²) in [5, 5.41) is 0. The number of benzene rings is 1. The van der Waals surface area contributed by atoms with E-state index in [0.717, 1.165) is 5.56 Å². The Morgan fingerprint density at radius 2 is 2.12 bits per heavy atom. The Bertz CT molecular complexity index is 388. The van der Waals surface area contributed by atoms with Crippen LogP contribution in [0.5, 0.6) is 5.75 Å². The Morgan fingerprint density at radius 3 is 2.71 bits per heavy atom. The van der Waals surface area contributed by atoms with Crippen molar-refractivity contribution in [1.82, 2.24) is 0 Å². The van der Waals surface area contributed by atoms with Crippen LogP contribution in [0.4, 0.5) is 0 Å². The number of hydrogen-bond donors (Lipinski definition) is 1. The zero-order chi connectivity index (χ0) is 12.9. The summed E-state index contributed by atoms with van der Waals surface area (Å²) in [6.07, 6.45) is 0. The monoisotopic (exact) mass is 237 g/mol. The predicted molar refractivity (Wildman–Crippen MR) is 65.7 cm³/mol. The number of hydrogen-bond acceptors (Lipinski definition) is 4. The largest absolute Gasteiger partial charge is 0.476 e. The number of rotatable bonds is 5. The van der Waals surface area contributed by atoms with Crippen LogP contribution in [-0.2, 0) is 16.1 Å². The zero-order valence-corrected chi connectivity index (χ0v) is 10.5. The lowest BCUT2D eigenvalue weighted by atomic mass is 10.1. The van der Waals surface area contributed by atoms with Gasteiger partial charge in [0.15, 0.2) is 5.60 Å². The summed E-state index contributed by atoms with van der Waals surface area (Å²) in [4.78, 5) is 11.7. The minimum atomic E-state index is -0.997. The van der Waals surface area contributed by atoms with Crippen molar-refractivity contribution < 1.29 is 14.3 Å². The second-order valence-corrected chi connectivity index (χ2v) is 4.18. The van der Waals surface area contributed by atoms with Gasteiger partial charge < -0.3 is 15.2 Å². The fourth-order valence-electron chi connectivity index (χ4n) is 1.38. The molecule has 0 aliphatic carbocycles. The van der Waals surface area contributed by atoms with Crippen LogP contribution >= 0.6 is 0 Å². The van der Waals surface area contributed by atoms with Gasteiger partial charge in [-0.3, -0.25) is 0 Å². The summed E-state index contributed by atoms with van der Waals surface area (Å²) >= 11 is 0. The van der Waals surface area contributed by atoms with Crippen molar-refractivity contribution >= 4 is 5.97 Å². The molecule has 0 saturated carbocycles. The Morgan fingerprint density at radius 1 is 1.41 bits per heavy atom. The van der Waals surface area contributed by atoms with Crippen LogP contribution in [0.1, 0.15) is 26.3 Å². The number of nitrogens with two attached hydrogens (primary N) is 1. The van der Waals surface area contributed by atoms with Gasteiger partial charge in [-0.1, -0.05) is 12.1 Å². The molecule has 0 spiro atoms. The Hall–Kier alpha value is -1.55. The minimum Gasteiger partial charge on any atom is -0.476 e. The van der Waals surface area contributed by atoms with Gasteiger partial charge in [0, 0.05) is 6.54 Å². The SMILES string of the molecule is CCOC(=O)C(C)(C)Oc1cccc(CN)c1. The van der Waals surface area contributed by atoms with Crippen molar-refractivity contribution in [2.75, 3.05) is 6.61 Å². The molecule has 17 heavy (non-hydrogen) atoms. The van der Waals surface area contributed by atoms with Crippen LogP contribution in [0.25, 0.3) is 0 Å². The van der Waals surface area contributed by atoms with Crippen molar-refractivity contribution in [3.63, 3.8) is 0 Å². The third kappa shape index (κ3) is 3.75. The molecule has 1 rings (SSSR count). The quantitative estimate of drug-likeness (QED) is 0.794. The Labute approximate surface area is 102 Å². The first-order chi connectivity index (χ1) is 7.99. The molecule has 0 bridgehead atoms. The van der Waals surface area contributed by atoms with Gasteiger partial charge in [-0.15, -0.1) is 0 Å². The average molecular weight is 237 g/mol. The summed E-state index contributed by atoms with van der Waals surface area (Å²) in [7, 11) is 0. The maximum absolute atomic E-state index is 11.7. The standard InChI is InChI=1S/C13H19NO3/c1-4-16-12(15)13(2,3)17-11-7-5-6-10(8-11)9-14/h5-8H,4,9,14H2,1-3H3. The van der Waals surface area contributed by atoms with Crippen molar-refractivity contribution in [1.29, 1.82) is 0 Å². The lowest BCUT2D eigenvalue weighted by Gasteiger charge is -2.24. The third-order valence-electron chi connectivity index (χ3n) is 2.27. The van der Waals surface area contributed by atoms with E-state index < -0.39 is 5.60 Å². The molecule has 1 aromatic carbocycles. The average Bonchev–Trinajstić information content (AvgIpc) is 2.29. The van der Waals surface area contributed by atoms with Crippen molar-refractivity contribution in [2.45, 2.75) is 32.9 Å². The summed E-state index contributed by atoms with van der Waals surface area (Å²) in [5.41, 5.74) is 5.51. The number of carbonyl (C=O) groups excluding carboxylic acids is 1. The predicted octanol–water partition coefficient (Wildman–Crippen LogP) is 1.87. The smallest absolute Gasteiger partial charge is 0.349 e. The van der Waals surface area contributed by atoms with Crippen LogP contribution < -0.4 is 10.5 Å². The molecule has 0 aliphatic heterocycles. The molecule has 0 unspecified atom stereocenters. The van der Waals surface area contributed by atoms with Gasteiger partial charge in [0.25, 0.3) is 0 Å².